The Morgan fingerprint density at radius 1 is 1.25 bits per heavy atom. The zero-order valence-corrected chi connectivity index (χ0v) is 11.7. The van der Waals surface area contributed by atoms with Crippen LogP contribution in [0.1, 0.15) is 45.9 Å². The number of nitrogens with one attached hydrogen (secondary N) is 1. The smallest absolute Gasteiger partial charge is 0.0710 e. The summed E-state index contributed by atoms with van der Waals surface area (Å²) in [5.74, 6) is 0. The van der Waals surface area contributed by atoms with Gasteiger partial charge in [0.05, 0.1) is 5.69 Å². The van der Waals surface area contributed by atoms with Crippen LogP contribution in [0.4, 0.5) is 0 Å². The van der Waals surface area contributed by atoms with Crippen molar-refractivity contribution in [2.24, 2.45) is 7.05 Å². The quantitative estimate of drug-likeness (QED) is 0.852. The van der Waals surface area contributed by atoms with Crippen LogP contribution in [0.25, 0.3) is 0 Å². The summed E-state index contributed by atoms with van der Waals surface area (Å²) in [6.07, 6.45) is 3.14. The third kappa shape index (κ3) is 3.08. The second-order valence-corrected chi connectivity index (χ2v) is 6.24. The van der Waals surface area contributed by atoms with E-state index in [-0.39, 0.29) is 11.0 Å². The van der Waals surface area contributed by atoms with Crippen molar-refractivity contribution in [2.75, 3.05) is 7.05 Å². The third-order valence-electron chi connectivity index (χ3n) is 2.92. The molecule has 0 unspecified atom stereocenters. The highest BCUT2D eigenvalue weighted by atomic mass is 15.3. The van der Waals surface area contributed by atoms with Gasteiger partial charge in [0.2, 0.25) is 0 Å². The van der Waals surface area contributed by atoms with E-state index < -0.39 is 0 Å². The lowest BCUT2D eigenvalue weighted by Gasteiger charge is -2.26. The fourth-order valence-corrected chi connectivity index (χ4v) is 1.86. The van der Waals surface area contributed by atoms with Gasteiger partial charge in [-0.2, -0.15) is 5.10 Å². The molecule has 0 radical (unpaired) electrons. The lowest BCUT2D eigenvalue weighted by Crippen LogP contribution is -2.38. The van der Waals surface area contributed by atoms with Crippen LogP contribution < -0.4 is 5.32 Å². The molecule has 1 aromatic rings. The summed E-state index contributed by atoms with van der Waals surface area (Å²) < 4.78 is 1.92. The van der Waals surface area contributed by atoms with Crippen molar-refractivity contribution >= 4 is 0 Å². The van der Waals surface area contributed by atoms with Crippen molar-refractivity contribution < 1.29 is 0 Å². The SMILES string of the molecule is CNC(C)(C)Cc1cn(C)nc1C(C)(C)C. The molecule has 0 saturated heterocycles. The van der Waals surface area contributed by atoms with Gasteiger partial charge in [0.25, 0.3) is 0 Å². The summed E-state index contributed by atoms with van der Waals surface area (Å²) in [5.41, 5.74) is 2.77. The summed E-state index contributed by atoms with van der Waals surface area (Å²) in [6, 6.07) is 0. The van der Waals surface area contributed by atoms with Crippen molar-refractivity contribution in [1.29, 1.82) is 0 Å². The fraction of sp³-hybridized carbons (Fsp3) is 0.769. The molecule has 16 heavy (non-hydrogen) atoms. The van der Waals surface area contributed by atoms with Gasteiger partial charge in [-0.25, -0.2) is 0 Å². The van der Waals surface area contributed by atoms with E-state index in [2.05, 4.69) is 51.2 Å². The highest BCUT2D eigenvalue weighted by Gasteiger charge is 2.25. The number of hydrogen-bond donors (Lipinski definition) is 1. The Labute approximate surface area is 99.2 Å². The molecule has 0 aliphatic carbocycles. The van der Waals surface area contributed by atoms with Crippen LogP contribution in [0.15, 0.2) is 6.20 Å². The minimum absolute atomic E-state index is 0.112. The second kappa shape index (κ2) is 4.21. The summed E-state index contributed by atoms with van der Waals surface area (Å²) in [6.45, 7) is 11.1. The van der Waals surface area contributed by atoms with Gasteiger partial charge in [-0.15, -0.1) is 0 Å². The minimum Gasteiger partial charge on any atom is -0.314 e. The first-order valence-electron chi connectivity index (χ1n) is 5.87. The maximum Gasteiger partial charge on any atom is 0.0710 e. The van der Waals surface area contributed by atoms with E-state index in [4.69, 9.17) is 0 Å². The molecule has 0 aliphatic rings. The predicted molar refractivity (Wildman–Crippen MR) is 68.8 cm³/mol. The zero-order valence-electron chi connectivity index (χ0n) is 11.7. The lowest BCUT2D eigenvalue weighted by molar-refractivity contribution is 0.417. The molecule has 0 aromatic carbocycles. The Morgan fingerprint density at radius 2 is 1.81 bits per heavy atom. The largest absolute Gasteiger partial charge is 0.314 e. The van der Waals surface area contributed by atoms with Crippen LogP contribution in [0.5, 0.6) is 0 Å². The van der Waals surface area contributed by atoms with Gasteiger partial charge < -0.3 is 5.32 Å². The molecule has 0 fully saturated rings. The second-order valence-electron chi connectivity index (χ2n) is 6.24. The molecule has 0 amide bonds. The molecule has 1 N–H and O–H groups in total. The van der Waals surface area contributed by atoms with Gasteiger partial charge in [0.15, 0.2) is 0 Å². The molecule has 92 valence electrons. The Kier molecular flexibility index (Phi) is 3.48. The average molecular weight is 223 g/mol. The average Bonchev–Trinajstić information content (AvgIpc) is 2.45. The molecule has 0 atom stereocenters. The highest BCUT2D eigenvalue weighted by Crippen LogP contribution is 2.26. The first kappa shape index (κ1) is 13.2. The van der Waals surface area contributed by atoms with Gasteiger partial charge >= 0.3 is 0 Å². The van der Waals surface area contributed by atoms with E-state index in [1.165, 1.54) is 11.3 Å². The number of rotatable bonds is 3. The van der Waals surface area contributed by atoms with E-state index in [0.717, 1.165) is 6.42 Å². The van der Waals surface area contributed by atoms with Crippen LogP contribution >= 0.6 is 0 Å². The Morgan fingerprint density at radius 3 is 2.25 bits per heavy atom. The number of hydrogen-bond acceptors (Lipinski definition) is 2. The normalized spacial score (nSPS) is 13.2. The van der Waals surface area contributed by atoms with E-state index >= 15 is 0 Å². The minimum atomic E-state index is 0.112. The van der Waals surface area contributed by atoms with Crippen molar-refractivity contribution in [1.82, 2.24) is 15.1 Å². The molecule has 0 spiro atoms. The highest BCUT2D eigenvalue weighted by molar-refractivity contribution is 5.25. The standard InChI is InChI=1S/C13H25N3/c1-12(2,3)11-10(9-16(7)15-11)8-13(4,5)14-6/h9,14H,8H2,1-7H3. The van der Waals surface area contributed by atoms with E-state index in [9.17, 15) is 0 Å². The topological polar surface area (TPSA) is 29.9 Å². The Hall–Kier alpha value is -0.830. The zero-order chi connectivity index (χ0) is 12.6. The van der Waals surface area contributed by atoms with Crippen LogP contribution in [0.3, 0.4) is 0 Å². The van der Waals surface area contributed by atoms with Gasteiger partial charge in [-0.3, -0.25) is 4.68 Å². The summed E-state index contributed by atoms with van der Waals surface area (Å²) in [7, 11) is 4.00. The molecule has 3 nitrogen and oxygen atoms in total. The van der Waals surface area contributed by atoms with Gasteiger partial charge in [0, 0.05) is 24.2 Å². The molecule has 1 aromatic heterocycles. The maximum atomic E-state index is 4.59. The Balaban J connectivity index is 3.05. The molecule has 0 bridgehead atoms. The van der Waals surface area contributed by atoms with Crippen LogP contribution in [0, 0.1) is 0 Å². The monoisotopic (exact) mass is 223 g/mol. The number of aryl methyl sites for hydroxylation is 1. The van der Waals surface area contributed by atoms with Gasteiger partial charge in [-0.05, 0) is 32.9 Å². The number of likely N-dealkylation sites (N-methyl/N-ethyl adjacent to an activating group) is 1. The van der Waals surface area contributed by atoms with E-state index in [0.29, 0.717) is 0 Å². The van der Waals surface area contributed by atoms with E-state index in [1.54, 1.807) is 0 Å². The molecular weight excluding hydrogens is 198 g/mol. The molecule has 0 saturated carbocycles. The van der Waals surface area contributed by atoms with Gasteiger partial charge in [0.1, 0.15) is 0 Å². The lowest BCUT2D eigenvalue weighted by atomic mass is 9.85. The Bertz CT molecular complexity index is 356. The van der Waals surface area contributed by atoms with Crippen LogP contribution in [-0.4, -0.2) is 22.4 Å². The first-order valence-corrected chi connectivity index (χ1v) is 5.87. The molecular formula is C13H25N3. The predicted octanol–water partition coefficient (Wildman–Crippen LogP) is 2.26. The first-order chi connectivity index (χ1) is 7.15. The van der Waals surface area contributed by atoms with Gasteiger partial charge in [-0.1, -0.05) is 20.8 Å². The van der Waals surface area contributed by atoms with Crippen molar-refractivity contribution in [3.63, 3.8) is 0 Å². The fourth-order valence-electron chi connectivity index (χ4n) is 1.86. The summed E-state index contributed by atoms with van der Waals surface area (Å²) in [4.78, 5) is 0. The third-order valence-corrected chi connectivity index (χ3v) is 2.92. The summed E-state index contributed by atoms with van der Waals surface area (Å²) in [5, 5.41) is 7.93. The summed E-state index contributed by atoms with van der Waals surface area (Å²) >= 11 is 0. The number of aromatic nitrogens is 2. The molecule has 1 rings (SSSR count). The maximum absolute atomic E-state index is 4.59. The molecule has 3 heteroatoms. The van der Waals surface area contributed by atoms with Crippen molar-refractivity contribution in [3.05, 3.63) is 17.5 Å². The molecule has 0 aliphatic heterocycles. The van der Waals surface area contributed by atoms with Crippen LogP contribution in [-0.2, 0) is 18.9 Å². The van der Waals surface area contributed by atoms with Crippen molar-refractivity contribution in [3.8, 4) is 0 Å². The van der Waals surface area contributed by atoms with E-state index in [1.807, 2.05) is 18.8 Å². The van der Waals surface area contributed by atoms with Crippen LogP contribution in [0.2, 0.25) is 0 Å². The molecule has 1 heterocycles. The van der Waals surface area contributed by atoms with Crippen molar-refractivity contribution in [2.45, 2.75) is 52.0 Å². The number of nitrogens with zero attached hydrogens (tertiary/aromatic N) is 2.